The van der Waals surface area contributed by atoms with Crippen LogP contribution in [0.1, 0.15) is 37.7 Å². The summed E-state index contributed by atoms with van der Waals surface area (Å²) in [5.41, 5.74) is 7.53. The van der Waals surface area contributed by atoms with Gasteiger partial charge in [-0.25, -0.2) is 0 Å². The summed E-state index contributed by atoms with van der Waals surface area (Å²) in [5.74, 6) is 0.0805. The van der Waals surface area contributed by atoms with Crippen molar-refractivity contribution in [2.75, 3.05) is 11.9 Å². The minimum atomic E-state index is 0.0805. The number of hydrogen-bond donors (Lipinski definition) is 2. The van der Waals surface area contributed by atoms with E-state index in [0.717, 1.165) is 55.4 Å². The van der Waals surface area contributed by atoms with Gasteiger partial charge in [-0.2, -0.15) is 5.10 Å². The highest BCUT2D eigenvalue weighted by Crippen LogP contribution is 2.13. The summed E-state index contributed by atoms with van der Waals surface area (Å²) < 4.78 is 2.90. The Morgan fingerprint density at radius 3 is 2.58 bits per heavy atom. The minimum absolute atomic E-state index is 0.0805. The number of anilines is 1. The van der Waals surface area contributed by atoms with Crippen molar-refractivity contribution in [1.29, 1.82) is 0 Å². The SMILES string of the molecule is NCCCCCCC(=O)Nc1ccc(CCn2cc(Br)cn2)cc1. The Hall–Kier alpha value is -1.66. The monoisotopic (exact) mass is 392 g/mol. The molecule has 6 heteroatoms. The van der Waals surface area contributed by atoms with Crippen molar-refractivity contribution in [1.82, 2.24) is 9.78 Å². The van der Waals surface area contributed by atoms with Crippen molar-refractivity contribution in [2.24, 2.45) is 5.73 Å². The number of aryl methyl sites for hydroxylation is 2. The standard InChI is InChI=1S/C18H25BrN4O/c19-16-13-21-23(14-16)12-10-15-6-8-17(9-7-15)22-18(24)5-3-1-2-4-11-20/h6-9,13-14H,1-5,10-12,20H2,(H,22,24). The van der Waals surface area contributed by atoms with Crippen LogP contribution in [-0.4, -0.2) is 22.2 Å². The fraction of sp³-hybridized carbons (Fsp3) is 0.444. The van der Waals surface area contributed by atoms with Crippen LogP contribution < -0.4 is 11.1 Å². The maximum atomic E-state index is 11.9. The lowest BCUT2D eigenvalue weighted by Gasteiger charge is -2.07. The van der Waals surface area contributed by atoms with Gasteiger partial charge in [0, 0.05) is 24.8 Å². The third kappa shape index (κ3) is 6.84. The maximum absolute atomic E-state index is 11.9. The molecular formula is C18H25BrN4O. The minimum Gasteiger partial charge on any atom is -0.330 e. The zero-order valence-corrected chi connectivity index (χ0v) is 15.5. The van der Waals surface area contributed by atoms with Crippen LogP contribution in [-0.2, 0) is 17.8 Å². The molecule has 0 atom stereocenters. The third-order valence-electron chi connectivity index (χ3n) is 3.83. The zero-order chi connectivity index (χ0) is 17.2. The number of carbonyl (C=O) groups excluding carboxylic acids is 1. The molecule has 2 rings (SSSR count). The highest BCUT2D eigenvalue weighted by atomic mass is 79.9. The van der Waals surface area contributed by atoms with E-state index in [1.54, 1.807) is 6.20 Å². The molecule has 5 nitrogen and oxygen atoms in total. The van der Waals surface area contributed by atoms with E-state index in [-0.39, 0.29) is 5.91 Å². The van der Waals surface area contributed by atoms with Crippen molar-refractivity contribution in [3.05, 3.63) is 46.7 Å². The Kier molecular flexibility index (Phi) is 7.98. The second-order valence-corrected chi connectivity index (χ2v) is 6.79. The average molecular weight is 393 g/mol. The Morgan fingerprint density at radius 1 is 1.17 bits per heavy atom. The van der Waals surface area contributed by atoms with Gasteiger partial charge in [0.2, 0.25) is 5.91 Å². The van der Waals surface area contributed by atoms with E-state index >= 15 is 0 Å². The van der Waals surface area contributed by atoms with Gasteiger partial charge in [-0.1, -0.05) is 25.0 Å². The number of unbranched alkanes of at least 4 members (excludes halogenated alkanes) is 3. The van der Waals surface area contributed by atoms with Gasteiger partial charge in [0.25, 0.3) is 0 Å². The number of halogens is 1. The topological polar surface area (TPSA) is 72.9 Å². The number of amides is 1. The van der Waals surface area contributed by atoms with E-state index in [1.807, 2.05) is 23.0 Å². The highest BCUT2D eigenvalue weighted by Gasteiger charge is 2.03. The van der Waals surface area contributed by atoms with Gasteiger partial charge in [-0.3, -0.25) is 9.48 Å². The van der Waals surface area contributed by atoms with E-state index in [0.29, 0.717) is 6.42 Å². The molecular weight excluding hydrogens is 368 g/mol. The van der Waals surface area contributed by atoms with Gasteiger partial charge in [-0.15, -0.1) is 0 Å². The normalized spacial score (nSPS) is 10.8. The van der Waals surface area contributed by atoms with Gasteiger partial charge in [0.1, 0.15) is 0 Å². The largest absolute Gasteiger partial charge is 0.330 e. The number of carbonyl (C=O) groups is 1. The first kappa shape index (κ1) is 18.7. The predicted octanol–water partition coefficient (Wildman–Crippen LogP) is 3.74. The molecule has 0 aliphatic heterocycles. The fourth-order valence-electron chi connectivity index (χ4n) is 2.47. The molecule has 1 aromatic carbocycles. The fourth-order valence-corrected chi connectivity index (χ4v) is 2.79. The summed E-state index contributed by atoms with van der Waals surface area (Å²) in [7, 11) is 0. The highest BCUT2D eigenvalue weighted by molar-refractivity contribution is 9.10. The molecule has 3 N–H and O–H groups in total. The van der Waals surface area contributed by atoms with Gasteiger partial charge in [0.15, 0.2) is 0 Å². The Balaban J connectivity index is 1.70. The van der Waals surface area contributed by atoms with Crippen LogP contribution in [0.2, 0.25) is 0 Å². The number of nitrogens with one attached hydrogen (secondary N) is 1. The summed E-state index contributed by atoms with van der Waals surface area (Å²) in [4.78, 5) is 11.9. The number of hydrogen-bond acceptors (Lipinski definition) is 3. The van der Waals surface area contributed by atoms with Gasteiger partial charge >= 0.3 is 0 Å². The number of rotatable bonds is 10. The Labute approximate surface area is 151 Å². The van der Waals surface area contributed by atoms with Crippen molar-refractivity contribution >= 4 is 27.5 Å². The van der Waals surface area contributed by atoms with Crippen molar-refractivity contribution in [2.45, 2.75) is 45.1 Å². The van der Waals surface area contributed by atoms with Gasteiger partial charge in [0.05, 0.1) is 10.7 Å². The Morgan fingerprint density at radius 2 is 1.92 bits per heavy atom. The number of benzene rings is 1. The van der Waals surface area contributed by atoms with Crippen molar-refractivity contribution in [3.63, 3.8) is 0 Å². The average Bonchev–Trinajstić information content (AvgIpc) is 2.99. The Bertz CT molecular complexity index is 624. The van der Waals surface area contributed by atoms with E-state index in [9.17, 15) is 4.79 Å². The van der Waals surface area contributed by atoms with Crippen LogP contribution in [0.3, 0.4) is 0 Å². The first-order valence-electron chi connectivity index (χ1n) is 8.44. The second kappa shape index (κ2) is 10.3. The molecule has 0 spiro atoms. The summed E-state index contributed by atoms with van der Waals surface area (Å²) in [6.07, 6.45) is 9.35. The first-order valence-corrected chi connectivity index (χ1v) is 9.23. The molecule has 0 unspecified atom stereocenters. The number of aromatic nitrogens is 2. The van der Waals surface area contributed by atoms with Crippen LogP contribution in [0.15, 0.2) is 41.1 Å². The molecule has 1 amide bonds. The number of nitrogens with two attached hydrogens (primary N) is 1. The van der Waals surface area contributed by atoms with E-state index in [1.165, 1.54) is 5.56 Å². The zero-order valence-electron chi connectivity index (χ0n) is 13.9. The van der Waals surface area contributed by atoms with Gasteiger partial charge in [-0.05, 0) is 59.4 Å². The molecule has 0 aliphatic carbocycles. The van der Waals surface area contributed by atoms with Crippen LogP contribution >= 0.6 is 15.9 Å². The molecule has 1 heterocycles. The smallest absolute Gasteiger partial charge is 0.224 e. The summed E-state index contributed by atoms with van der Waals surface area (Å²) >= 11 is 3.39. The van der Waals surface area contributed by atoms with Crippen LogP contribution in [0.4, 0.5) is 5.69 Å². The van der Waals surface area contributed by atoms with Crippen LogP contribution in [0, 0.1) is 0 Å². The number of nitrogens with zero attached hydrogens (tertiary/aromatic N) is 2. The summed E-state index contributed by atoms with van der Waals surface area (Å²) in [6, 6.07) is 8.02. The van der Waals surface area contributed by atoms with E-state index in [2.05, 4.69) is 38.5 Å². The van der Waals surface area contributed by atoms with Crippen molar-refractivity contribution in [3.8, 4) is 0 Å². The summed E-state index contributed by atoms with van der Waals surface area (Å²) in [6.45, 7) is 1.57. The molecule has 24 heavy (non-hydrogen) atoms. The predicted molar refractivity (Wildman–Crippen MR) is 101 cm³/mol. The quantitative estimate of drug-likeness (QED) is 0.604. The molecule has 130 valence electrons. The van der Waals surface area contributed by atoms with E-state index < -0.39 is 0 Å². The van der Waals surface area contributed by atoms with Crippen LogP contribution in [0.25, 0.3) is 0 Å². The third-order valence-corrected chi connectivity index (χ3v) is 4.24. The molecule has 0 bridgehead atoms. The molecule has 0 radical (unpaired) electrons. The second-order valence-electron chi connectivity index (χ2n) is 5.87. The lowest BCUT2D eigenvalue weighted by molar-refractivity contribution is -0.116. The first-order chi connectivity index (χ1) is 11.7. The lowest BCUT2D eigenvalue weighted by atomic mass is 10.1. The molecule has 0 saturated heterocycles. The van der Waals surface area contributed by atoms with E-state index in [4.69, 9.17) is 5.73 Å². The molecule has 0 fully saturated rings. The molecule has 0 saturated carbocycles. The lowest BCUT2D eigenvalue weighted by Crippen LogP contribution is -2.11. The molecule has 1 aromatic heterocycles. The van der Waals surface area contributed by atoms with Gasteiger partial charge < -0.3 is 11.1 Å². The maximum Gasteiger partial charge on any atom is 0.224 e. The molecule has 2 aromatic rings. The summed E-state index contributed by atoms with van der Waals surface area (Å²) in [5, 5.41) is 7.19. The molecule has 0 aliphatic rings. The van der Waals surface area contributed by atoms with Crippen molar-refractivity contribution < 1.29 is 4.79 Å². The van der Waals surface area contributed by atoms with Crippen LogP contribution in [0.5, 0.6) is 0 Å².